The number of pyridine rings is 1. The van der Waals surface area contributed by atoms with Gasteiger partial charge >= 0.3 is 5.97 Å². The van der Waals surface area contributed by atoms with Crippen LogP contribution < -0.4 is 0 Å². The number of hydrogen-bond donors (Lipinski definition) is 0. The van der Waals surface area contributed by atoms with Gasteiger partial charge in [-0.15, -0.1) is 0 Å². The van der Waals surface area contributed by atoms with Crippen LogP contribution in [-0.4, -0.2) is 21.5 Å². The first-order valence-electron chi connectivity index (χ1n) is 4.96. The van der Waals surface area contributed by atoms with Crippen LogP contribution in [0.2, 0.25) is 0 Å². The molecule has 0 spiro atoms. The molecule has 0 aliphatic carbocycles. The highest BCUT2D eigenvalue weighted by Crippen LogP contribution is 2.09. The molecule has 16 heavy (non-hydrogen) atoms. The van der Waals surface area contributed by atoms with E-state index in [1.807, 2.05) is 4.40 Å². The molecule has 4 heteroatoms. The number of fused-ring (bicyclic) bond motifs is 1. The number of imidazole rings is 1. The Morgan fingerprint density at radius 1 is 1.69 bits per heavy atom. The van der Waals surface area contributed by atoms with Crippen molar-refractivity contribution in [2.45, 2.75) is 13.0 Å². The Labute approximate surface area is 93.2 Å². The molecule has 0 aliphatic heterocycles. The maximum Gasteiger partial charge on any atom is 0.338 e. The minimum atomic E-state index is -0.351. The van der Waals surface area contributed by atoms with Crippen molar-refractivity contribution in [3.05, 3.63) is 49.1 Å². The summed E-state index contributed by atoms with van der Waals surface area (Å²) in [4.78, 5) is 15.7. The van der Waals surface area contributed by atoms with Crippen molar-refractivity contribution >= 4 is 11.5 Å². The van der Waals surface area contributed by atoms with Gasteiger partial charge in [0.05, 0.1) is 23.6 Å². The molecule has 2 heterocycles. The molecule has 4 nitrogen and oxygen atoms in total. The summed E-state index contributed by atoms with van der Waals surface area (Å²) in [7, 11) is 0. The van der Waals surface area contributed by atoms with Gasteiger partial charge in [0.1, 0.15) is 6.10 Å². The minimum absolute atomic E-state index is 0.284. The molecule has 0 fully saturated rings. The first kappa shape index (κ1) is 10.4. The molecule has 0 aliphatic rings. The minimum Gasteiger partial charge on any atom is -0.455 e. The molecule has 0 unspecified atom stereocenters. The summed E-state index contributed by atoms with van der Waals surface area (Å²) in [5.74, 6) is -0.351. The summed E-state index contributed by atoms with van der Waals surface area (Å²) in [6.45, 7) is 5.32. The van der Waals surface area contributed by atoms with E-state index in [0.29, 0.717) is 5.56 Å². The third-order valence-corrected chi connectivity index (χ3v) is 2.27. The van der Waals surface area contributed by atoms with Crippen LogP contribution in [0.4, 0.5) is 0 Å². The van der Waals surface area contributed by atoms with Crippen molar-refractivity contribution in [2.24, 2.45) is 0 Å². The van der Waals surface area contributed by atoms with Gasteiger partial charge in [-0.3, -0.25) is 0 Å². The highest BCUT2D eigenvalue weighted by molar-refractivity contribution is 5.90. The maximum absolute atomic E-state index is 11.7. The van der Waals surface area contributed by atoms with Gasteiger partial charge in [-0.25, -0.2) is 9.78 Å². The number of esters is 1. The molecule has 0 aromatic carbocycles. The Hall–Kier alpha value is -2.10. The van der Waals surface area contributed by atoms with Gasteiger partial charge in [0.2, 0.25) is 0 Å². The number of rotatable bonds is 3. The average Bonchev–Trinajstić information content (AvgIpc) is 2.75. The van der Waals surface area contributed by atoms with Crippen molar-refractivity contribution in [1.29, 1.82) is 0 Å². The Kier molecular flexibility index (Phi) is 2.72. The molecule has 0 N–H and O–H groups in total. The molecule has 0 saturated heterocycles. The number of nitrogens with zero attached hydrogens (tertiary/aromatic N) is 2. The second-order valence-corrected chi connectivity index (χ2v) is 3.49. The Morgan fingerprint density at radius 2 is 2.50 bits per heavy atom. The monoisotopic (exact) mass is 216 g/mol. The van der Waals surface area contributed by atoms with Gasteiger partial charge in [-0.2, -0.15) is 0 Å². The van der Waals surface area contributed by atoms with Crippen molar-refractivity contribution in [3.8, 4) is 0 Å². The largest absolute Gasteiger partial charge is 0.455 e. The van der Waals surface area contributed by atoms with Crippen LogP contribution >= 0.6 is 0 Å². The lowest BCUT2D eigenvalue weighted by atomic mass is 10.2. The van der Waals surface area contributed by atoms with E-state index in [9.17, 15) is 4.79 Å². The predicted octanol–water partition coefficient (Wildman–Crippen LogP) is 2.07. The van der Waals surface area contributed by atoms with E-state index >= 15 is 0 Å². The number of aromatic nitrogens is 2. The molecule has 2 rings (SSSR count). The van der Waals surface area contributed by atoms with E-state index in [4.69, 9.17) is 4.74 Å². The second-order valence-electron chi connectivity index (χ2n) is 3.49. The molecule has 82 valence electrons. The summed E-state index contributed by atoms with van der Waals surface area (Å²) in [6.07, 6.45) is 6.44. The van der Waals surface area contributed by atoms with Gasteiger partial charge in [0, 0.05) is 6.20 Å². The molecule has 0 radical (unpaired) electrons. The molecule has 2 aromatic rings. The summed E-state index contributed by atoms with van der Waals surface area (Å²) >= 11 is 0. The first-order valence-corrected chi connectivity index (χ1v) is 4.96. The fourth-order valence-corrected chi connectivity index (χ4v) is 1.33. The highest BCUT2D eigenvalue weighted by Gasteiger charge is 2.10. The van der Waals surface area contributed by atoms with Crippen LogP contribution in [0.25, 0.3) is 5.52 Å². The normalized spacial score (nSPS) is 12.3. The SMILES string of the molecule is C=C[C@@H](C)OC(=O)c1ccn2cncc2c1. The fourth-order valence-electron chi connectivity index (χ4n) is 1.33. The predicted molar refractivity (Wildman–Crippen MR) is 60.3 cm³/mol. The average molecular weight is 216 g/mol. The number of carbonyl (C=O) groups is 1. The van der Waals surface area contributed by atoms with Crippen molar-refractivity contribution in [1.82, 2.24) is 9.38 Å². The van der Waals surface area contributed by atoms with Crippen LogP contribution in [0, 0.1) is 0 Å². The van der Waals surface area contributed by atoms with Crippen molar-refractivity contribution in [3.63, 3.8) is 0 Å². The highest BCUT2D eigenvalue weighted by atomic mass is 16.5. The summed E-state index contributed by atoms with van der Waals surface area (Å²) in [5, 5.41) is 0. The number of hydrogen-bond acceptors (Lipinski definition) is 3. The van der Waals surface area contributed by atoms with E-state index in [-0.39, 0.29) is 12.1 Å². The lowest BCUT2D eigenvalue weighted by Gasteiger charge is -2.08. The summed E-state index contributed by atoms with van der Waals surface area (Å²) < 4.78 is 6.95. The zero-order chi connectivity index (χ0) is 11.5. The smallest absolute Gasteiger partial charge is 0.338 e. The zero-order valence-electron chi connectivity index (χ0n) is 8.96. The molecule has 0 bridgehead atoms. The van der Waals surface area contributed by atoms with Crippen molar-refractivity contribution < 1.29 is 9.53 Å². The van der Waals surface area contributed by atoms with Crippen LogP contribution in [0.5, 0.6) is 0 Å². The second kappa shape index (κ2) is 4.18. The van der Waals surface area contributed by atoms with Crippen molar-refractivity contribution in [2.75, 3.05) is 0 Å². The molecule has 1 atom stereocenters. The number of carbonyl (C=O) groups excluding carboxylic acids is 1. The van der Waals surface area contributed by atoms with Gasteiger partial charge < -0.3 is 9.14 Å². The van der Waals surface area contributed by atoms with Gasteiger partial charge in [0.15, 0.2) is 0 Å². The van der Waals surface area contributed by atoms with Crippen LogP contribution in [0.1, 0.15) is 17.3 Å². The van der Waals surface area contributed by atoms with E-state index in [0.717, 1.165) is 5.52 Å². The maximum atomic E-state index is 11.7. The lowest BCUT2D eigenvalue weighted by molar-refractivity contribution is 0.0425. The van der Waals surface area contributed by atoms with Crippen LogP contribution in [0.15, 0.2) is 43.5 Å². The molecule has 0 amide bonds. The van der Waals surface area contributed by atoms with Crippen LogP contribution in [0.3, 0.4) is 0 Å². The zero-order valence-corrected chi connectivity index (χ0v) is 8.96. The molecular weight excluding hydrogens is 204 g/mol. The van der Waals surface area contributed by atoms with E-state index in [2.05, 4.69) is 11.6 Å². The molecule has 2 aromatic heterocycles. The Balaban J connectivity index is 2.25. The van der Waals surface area contributed by atoms with Gasteiger partial charge in [-0.05, 0) is 19.1 Å². The molecular formula is C12H12N2O2. The Morgan fingerprint density at radius 3 is 3.25 bits per heavy atom. The summed E-state index contributed by atoms with van der Waals surface area (Å²) in [5.41, 5.74) is 1.38. The fraction of sp³-hybridized carbons (Fsp3) is 0.167. The topological polar surface area (TPSA) is 43.6 Å². The van der Waals surface area contributed by atoms with Crippen LogP contribution in [-0.2, 0) is 4.74 Å². The Bertz CT molecular complexity index is 531. The quantitative estimate of drug-likeness (QED) is 0.582. The van der Waals surface area contributed by atoms with E-state index in [1.165, 1.54) is 0 Å². The van der Waals surface area contributed by atoms with E-state index in [1.54, 1.807) is 43.9 Å². The summed E-state index contributed by atoms with van der Waals surface area (Å²) in [6, 6.07) is 3.44. The molecule has 0 saturated carbocycles. The lowest BCUT2D eigenvalue weighted by Crippen LogP contribution is -2.12. The standard InChI is InChI=1S/C12H12N2O2/c1-3-9(2)16-12(15)10-4-5-14-8-13-7-11(14)6-10/h3-9H,1H2,2H3/t9-/m1/s1. The van der Waals surface area contributed by atoms with Gasteiger partial charge in [0.25, 0.3) is 0 Å². The number of ether oxygens (including phenoxy) is 1. The van der Waals surface area contributed by atoms with E-state index < -0.39 is 0 Å². The third kappa shape index (κ3) is 1.95. The van der Waals surface area contributed by atoms with Gasteiger partial charge in [-0.1, -0.05) is 12.7 Å². The third-order valence-electron chi connectivity index (χ3n) is 2.27. The first-order chi connectivity index (χ1) is 7.70.